The van der Waals surface area contributed by atoms with Crippen molar-refractivity contribution >= 4 is 34.7 Å². The highest BCUT2D eigenvalue weighted by atomic mass is 16.1. The van der Waals surface area contributed by atoms with E-state index in [2.05, 4.69) is 32.0 Å². The van der Waals surface area contributed by atoms with Crippen molar-refractivity contribution < 1.29 is 4.79 Å². The highest BCUT2D eigenvalue weighted by molar-refractivity contribution is 5.89. The van der Waals surface area contributed by atoms with Gasteiger partial charge in [-0.2, -0.15) is 10.2 Å². The van der Waals surface area contributed by atoms with E-state index >= 15 is 0 Å². The van der Waals surface area contributed by atoms with E-state index in [1.165, 1.54) is 6.92 Å². The molecule has 7 heteroatoms. The Hall–Kier alpha value is -3.92. The van der Waals surface area contributed by atoms with Crippen LogP contribution in [0.1, 0.15) is 12.5 Å². The van der Waals surface area contributed by atoms with Gasteiger partial charge in [0.15, 0.2) is 0 Å². The summed E-state index contributed by atoms with van der Waals surface area (Å²) in [4.78, 5) is 19.8. The lowest BCUT2D eigenvalue weighted by atomic mass is 10.2. The lowest BCUT2D eigenvalue weighted by molar-refractivity contribution is -0.114. The molecule has 0 aliphatic heterocycles. The standard InChI is InChI=1S/C19H16N6O/c1-13(26)22-15-6-4-7-16(11-15)23-19-21-10-9-18(25-19)24-17-8-3-2-5-14(17)12-20/h2-11H,1H3,(H,22,26)(H2,21,23,24,25). The van der Waals surface area contributed by atoms with Gasteiger partial charge < -0.3 is 16.0 Å². The van der Waals surface area contributed by atoms with Crippen molar-refractivity contribution in [2.45, 2.75) is 6.92 Å². The van der Waals surface area contributed by atoms with Crippen LogP contribution in [0.3, 0.4) is 0 Å². The Morgan fingerprint density at radius 2 is 1.85 bits per heavy atom. The summed E-state index contributed by atoms with van der Waals surface area (Å²) in [6, 6.07) is 18.3. The van der Waals surface area contributed by atoms with Crippen LogP contribution in [0.15, 0.2) is 60.8 Å². The summed E-state index contributed by atoms with van der Waals surface area (Å²) in [7, 11) is 0. The zero-order valence-electron chi connectivity index (χ0n) is 14.0. The van der Waals surface area contributed by atoms with Gasteiger partial charge in [0.2, 0.25) is 11.9 Å². The number of amides is 1. The van der Waals surface area contributed by atoms with E-state index in [9.17, 15) is 4.79 Å². The molecule has 0 saturated heterocycles. The summed E-state index contributed by atoms with van der Waals surface area (Å²) in [5, 5.41) is 18.1. The number of carbonyl (C=O) groups excluding carboxylic acids is 1. The fourth-order valence-electron chi connectivity index (χ4n) is 2.32. The summed E-state index contributed by atoms with van der Waals surface area (Å²) in [6.07, 6.45) is 1.62. The van der Waals surface area contributed by atoms with E-state index in [0.717, 1.165) is 5.69 Å². The van der Waals surface area contributed by atoms with Crippen molar-refractivity contribution in [2.24, 2.45) is 0 Å². The van der Waals surface area contributed by atoms with Crippen molar-refractivity contribution in [3.63, 3.8) is 0 Å². The molecule has 3 rings (SSSR count). The lowest BCUT2D eigenvalue weighted by Crippen LogP contribution is -2.06. The van der Waals surface area contributed by atoms with Crippen LogP contribution in [-0.4, -0.2) is 15.9 Å². The van der Waals surface area contributed by atoms with Gasteiger partial charge in [0, 0.05) is 24.5 Å². The average Bonchev–Trinajstić information content (AvgIpc) is 2.62. The zero-order chi connectivity index (χ0) is 18.4. The second kappa shape index (κ2) is 7.77. The molecule has 26 heavy (non-hydrogen) atoms. The molecule has 0 fully saturated rings. The molecule has 0 atom stereocenters. The van der Waals surface area contributed by atoms with Gasteiger partial charge in [-0.25, -0.2) is 4.98 Å². The third-order valence-electron chi connectivity index (χ3n) is 3.40. The number of benzene rings is 2. The number of rotatable bonds is 5. The minimum absolute atomic E-state index is 0.138. The van der Waals surface area contributed by atoms with E-state index in [4.69, 9.17) is 5.26 Å². The van der Waals surface area contributed by atoms with Gasteiger partial charge in [0.25, 0.3) is 0 Å². The first-order valence-electron chi connectivity index (χ1n) is 7.88. The molecule has 1 heterocycles. The largest absolute Gasteiger partial charge is 0.339 e. The van der Waals surface area contributed by atoms with Gasteiger partial charge in [-0.05, 0) is 36.4 Å². The first kappa shape index (κ1) is 16.9. The van der Waals surface area contributed by atoms with Gasteiger partial charge in [-0.15, -0.1) is 0 Å². The molecule has 0 spiro atoms. The number of nitrogens with one attached hydrogen (secondary N) is 3. The summed E-state index contributed by atoms with van der Waals surface area (Å²) in [5.41, 5.74) is 2.63. The minimum Gasteiger partial charge on any atom is -0.339 e. The van der Waals surface area contributed by atoms with Gasteiger partial charge in [0.05, 0.1) is 11.3 Å². The molecule has 1 aromatic heterocycles. The molecule has 7 nitrogen and oxygen atoms in total. The Kier molecular flexibility index (Phi) is 5.05. The third-order valence-corrected chi connectivity index (χ3v) is 3.40. The molecule has 2 aromatic carbocycles. The topological polar surface area (TPSA) is 103 Å². The van der Waals surface area contributed by atoms with Gasteiger partial charge >= 0.3 is 0 Å². The van der Waals surface area contributed by atoms with E-state index in [-0.39, 0.29) is 5.91 Å². The number of anilines is 5. The zero-order valence-corrected chi connectivity index (χ0v) is 14.0. The molecule has 0 bridgehead atoms. The van der Waals surface area contributed by atoms with Crippen LogP contribution in [0.2, 0.25) is 0 Å². The van der Waals surface area contributed by atoms with Crippen LogP contribution >= 0.6 is 0 Å². The Morgan fingerprint density at radius 3 is 2.65 bits per heavy atom. The number of carbonyl (C=O) groups is 1. The molecule has 3 N–H and O–H groups in total. The van der Waals surface area contributed by atoms with Crippen molar-refractivity contribution in [3.05, 3.63) is 66.4 Å². The Morgan fingerprint density at radius 1 is 1.04 bits per heavy atom. The normalized spacial score (nSPS) is 9.85. The highest BCUT2D eigenvalue weighted by Crippen LogP contribution is 2.21. The fraction of sp³-hybridized carbons (Fsp3) is 0.0526. The maximum atomic E-state index is 11.2. The summed E-state index contributed by atoms with van der Waals surface area (Å²) < 4.78 is 0. The number of hydrogen-bond acceptors (Lipinski definition) is 6. The van der Waals surface area contributed by atoms with E-state index in [0.29, 0.717) is 28.7 Å². The summed E-state index contributed by atoms with van der Waals surface area (Å²) >= 11 is 0. The Labute approximate surface area is 150 Å². The second-order valence-corrected chi connectivity index (χ2v) is 5.43. The molecule has 0 unspecified atom stereocenters. The predicted molar refractivity (Wildman–Crippen MR) is 101 cm³/mol. The van der Waals surface area contributed by atoms with Crippen LogP contribution in [0.25, 0.3) is 0 Å². The molecule has 0 aliphatic carbocycles. The maximum absolute atomic E-state index is 11.2. The maximum Gasteiger partial charge on any atom is 0.229 e. The SMILES string of the molecule is CC(=O)Nc1cccc(Nc2nccc(Nc3ccccc3C#N)n2)c1. The molecule has 0 radical (unpaired) electrons. The van der Waals surface area contributed by atoms with E-state index in [1.54, 1.807) is 36.5 Å². The number of para-hydroxylation sites is 1. The molecule has 128 valence electrons. The van der Waals surface area contributed by atoms with Crippen LogP contribution < -0.4 is 16.0 Å². The second-order valence-electron chi connectivity index (χ2n) is 5.43. The molecule has 0 aliphatic rings. The van der Waals surface area contributed by atoms with Crippen molar-refractivity contribution in [2.75, 3.05) is 16.0 Å². The van der Waals surface area contributed by atoms with Crippen molar-refractivity contribution in [3.8, 4) is 6.07 Å². The molecular formula is C19H16N6O. The predicted octanol–water partition coefficient (Wildman–Crippen LogP) is 3.79. The minimum atomic E-state index is -0.138. The third kappa shape index (κ3) is 4.33. The number of nitrogens with zero attached hydrogens (tertiary/aromatic N) is 3. The monoisotopic (exact) mass is 344 g/mol. The number of aromatic nitrogens is 2. The van der Waals surface area contributed by atoms with Crippen LogP contribution in [0, 0.1) is 11.3 Å². The smallest absolute Gasteiger partial charge is 0.229 e. The summed E-state index contributed by atoms with van der Waals surface area (Å²) in [6.45, 7) is 1.46. The number of hydrogen-bond donors (Lipinski definition) is 3. The first-order valence-corrected chi connectivity index (χ1v) is 7.88. The fourth-order valence-corrected chi connectivity index (χ4v) is 2.32. The molecule has 3 aromatic rings. The molecular weight excluding hydrogens is 328 g/mol. The van der Waals surface area contributed by atoms with Gasteiger partial charge in [-0.3, -0.25) is 4.79 Å². The van der Waals surface area contributed by atoms with Gasteiger partial charge in [0.1, 0.15) is 11.9 Å². The van der Waals surface area contributed by atoms with E-state index < -0.39 is 0 Å². The van der Waals surface area contributed by atoms with Crippen LogP contribution in [-0.2, 0) is 4.79 Å². The van der Waals surface area contributed by atoms with Crippen LogP contribution in [0.4, 0.5) is 28.8 Å². The van der Waals surface area contributed by atoms with Crippen molar-refractivity contribution in [1.29, 1.82) is 5.26 Å². The first-order chi connectivity index (χ1) is 12.6. The highest BCUT2D eigenvalue weighted by Gasteiger charge is 2.05. The van der Waals surface area contributed by atoms with Gasteiger partial charge in [-0.1, -0.05) is 18.2 Å². The lowest BCUT2D eigenvalue weighted by Gasteiger charge is -2.10. The Balaban J connectivity index is 1.78. The quantitative estimate of drug-likeness (QED) is 0.650. The summed E-state index contributed by atoms with van der Waals surface area (Å²) in [5.74, 6) is 0.813. The van der Waals surface area contributed by atoms with E-state index in [1.807, 2.05) is 24.3 Å². The molecule has 1 amide bonds. The average molecular weight is 344 g/mol. The Bertz CT molecular complexity index is 980. The van der Waals surface area contributed by atoms with Crippen molar-refractivity contribution in [1.82, 2.24) is 9.97 Å². The number of nitriles is 1. The molecule has 0 saturated carbocycles. The van der Waals surface area contributed by atoms with Crippen LogP contribution in [0.5, 0.6) is 0 Å².